The van der Waals surface area contributed by atoms with Crippen LogP contribution in [0.15, 0.2) is 18.2 Å². The molecule has 0 N–H and O–H groups in total. The summed E-state index contributed by atoms with van der Waals surface area (Å²) in [5.41, 5.74) is 0.760. The highest BCUT2D eigenvalue weighted by Crippen LogP contribution is 2.21. The van der Waals surface area contributed by atoms with Crippen LogP contribution >= 0.6 is 34.2 Å². The van der Waals surface area contributed by atoms with Crippen LogP contribution in [0, 0.1) is 9.49 Å². The number of hydrogen-bond acceptors (Lipinski definition) is 1. The molecular formula is C13H16ClIO. The van der Waals surface area contributed by atoms with Crippen LogP contribution in [0.1, 0.15) is 43.5 Å². The Labute approximate surface area is 116 Å². The van der Waals surface area contributed by atoms with E-state index in [9.17, 15) is 4.79 Å². The minimum absolute atomic E-state index is 0.202. The van der Waals surface area contributed by atoms with E-state index in [0.717, 1.165) is 22.0 Å². The Balaban J connectivity index is 2.76. The van der Waals surface area contributed by atoms with Crippen molar-refractivity contribution in [2.75, 3.05) is 0 Å². The monoisotopic (exact) mass is 350 g/mol. The van der Waals surface area contributed by atoms with E-state index in [-0.39, 0.29) is 5.78 Å². The molecule has 1 atom stereocenters. The van der Waals surface area contributed by atoms with Crippen molar-refractivity contribution in [2.45, 2.75) is 33.1 Å². The molecule has 0 saturated carbocycles. The first kappa shape index (κ1) is 14.0. The summed E-state index contributed by atoms with van der Waals surface area (Å²) in [6.45, 7) is 4.27. The number of hydrogen-bond donors (Lipinski definition) is 0. The maximum Gasteiger partial charge on any atom is 0.164 e. The molecule has 3 heteroatoms. The second-order valence-electron chi connectivity index (χ2n) is 4.15. The summed E-state index contributed by atoms with van der Waals surface area (Å²) in [6, 6.07) is 5.47. The summed E-state index contributed by atoms with van der Waals surface area (Å²) in [6.07, 6.45) is 2.84. The van der Waals surface area contributed by atoms with E-state index < -0.39 is 0 Å². The molecule has 0 heterocycles. The van der Waals surface area contributed by atoms with Gasteiger partial charge < -0.3 is 0 Å². The van der Waals surface area contributed by atoms with Crippen molar-refractivity contribution < 1.29 is 4.79 Å². The van der Waals surface area contributed by atoms with Crippen LogP contribution in [-0.4, -0.2) is 5.78 Å². The fraction of sp³-hybridized carbons (Fsp3) is 0.462. The summed E-state index contributed by atoms with van der Waals surface area (Å²) in [5, 5.41) is 0.631. The zero-order chi connectivity index (χ0) is 12.1. The molecule has 0 spiro atoms. The molecule has 0 aromatic heterocycles. The minimum Gasteiger partial charge on any atom is -0.294 e. The molecule has 1 unspecified atom stereocenters. The molecule has 1 rings (SSSR count). The van der Waals surface area contributed by atoms with Crippen molar-refractivity contribution in [2.24, 2.45) is 5.92 Å². The molecule has 0 bridgehead atoms. The van der Waals surface area contributed by atoms with E-state index >= 15 is 0 Å². The Morgan fingerprint density at radius 2 is 2.19 bits per heavy atom. The second kappa shape index (κ2) is 6.60. The first-order valence-corrected chi connectivity index (χ1v) is 6.98. The van der Waals surface area contributed by atoms with Crippen LogP contribution in [-0.2, 0) is 0 Å². The number of halogens is 2. The Morgan fingerprint density at radius 3 is 2.81 bits per heavy atom. The van der Waals surface area contributed by atoms with Gasteiger partial charge in [-0.3, -0.25) is 4.79 Å². The summed E-state index contributed by atoms with van der Waals surface area (Å²) >= 11 is 8.08. The van der Waals surface area contributed by atoms with Gasteiger partial charge in [0.1, 0.15) is 0 Å². The highest BCUT2D eigenvalue weighted by molar-refractivity contribution is 14.1. The first-order chi connectivity index (χ1) is 7.54. The zero-order valence-corrected chi connectivity index (χ0v) is 12.5. The average molecular weight is 351 g/mol. The number of rotatable bonds is 5. The molecule has 0 saturated heterocycles. The van der Waals surface area contributed by atoms with Gasteiger partial charge in [-0.1, -0.05) is 38.3 Å². The molecule has 0 aliphatic carbocycles. The molecule has 0 fully saturated rings. The van der Waals surface area contributed by atoms with Gasteiger partial charge >= 0.3 is 0 Å². The SMILES string of the molecule is CCCC(C)CC(=O)c1cc(Cl)ccc1I. The van der Waals surface area contributed by atoms with Crippen LogP contribution in [0.2, 0.25) is 5.02 Å². The fourth-order valence-electron chi connectivity index (χ4n) is 1.73. The van der Waals surface area contributed by atoms with Crippen LogP contribution in [0.25, 0.3) is 0 Å². The van der Waals surface area contributed by atoms with E-state index in [1.807, 2.05) is 12.1 Å². The summed E-state index contributed by atoms with van der Waals surface area (Å²) < 4.78 is 0.982. The standard InChI is InChI=1S/C13H16ClIO/c1-3-4-9(2)7-13(16)11-8-10(14)5-6-12(11)15/h5-6,8-9H,3-4,7H2,1-2H3. The Morgan fingerprint density at radius 1 is 1.50 bits per heavy atom. The maximum atomic E-state index is 12.0. The van der Waals surface area contributed by atoms with Gasteiger partial charge in [-0.05, 0) is 46.7 Å². The summed E-state index contributed by atoms with van der Waals surface area (Å²) in [7, 11) is 0. The lowest BCUT2D eigenvalue weighted by Crippen LogP contribution is -2.07. The van der Waals surface area contributed by atoms with Crippen molar-refractivity contribution in [3.05, 3.63) is 32.4 Å². The molecule has 16 heavy (non-hydrogen) atoms. The summed E-state index contributed by atoms with van der Waals surface area (Å²) in [5.74, 6) is 0.653. The molecule has 1 nitrogen and oxygen atoms in total. The van der Waals surface area contributed by atoms with Crippen molar-refractivity contribution in [1.82, 2.24) is 0 Å². The predicted molar refractivity (Wildman–Crippen MR) is 77.2 cm³/mol. The largest absolute Gasteiger partial charge is 0.294 e. The topological polar surface area (TPSA) is 17.1 Å². The molecule has 1 aromatic carbocycles. The highest BCUT2D eigenvalue weighted by atomic mass is 127. The van der Waals surface area contributed by atoms with Crippen molar-refractivity contribution in [3.8, 4) is 0 Å². The molecular weight excluding hydrogens is 334 g/mol. The molecule has 0 aliphatic rings. The Kier molecular flexibility index (Phi) is 5.76. The quantitative estimate of drug-likeness (QED) is 0.542. The van der Waals surface area contributed by atoms with Gasteiger partial charge in [-0.25, -0.2) is 0 Å². The number of benzene rings is 1. The third-order valence-electron chi connectivity index (χ3n) is 2.54. The van der Waals surface area contributed by atoms with Crippen LogP contribution in [0.5, 0.6) is 0 Å². The summed E-state index contributed by atoms with van der Waals surface area (Å²) in [4.78, 5) is 12.0. The number of ketones is 1. The van der Waals surface area contributed by atoms with Gasteiger partial charge in [-0.2, -0.15) is 0 Å². The average Bonchev–Trinajstić information content (AvgIpc) is 2.21. The van der Waals surface area contributed by atoms with Crippen molar-refractivity contribution >= 4 is 40.0 Å². The molecule has 88 valence electrons. The molecule has 0 amide bonds. The van der Waals surface area contributed by atoms with Gasteiger partial charge in [0, 0.05) is 20.6 Å². The lowest BCUT2D eigenvalue weighted by molar-refractivity contribution is 0.0961. The van der Waals surface area contributed by atoms with Gasteiger partial charge in [0.15, 0.2) is 5.78 Å². The third kappa shape index (κ3) is 4.06. The van der Waals surface area contributed by atoms with Crippen molar-refractivity contribution in [3.63, 3.8) is 0 Å². The number of carbonyl (C=O) groups excluding carboxylic acids is 1. The second-order valence-corrected chi connectivity index (χ2v) is 5.74. The lowest BCUT2D eigenvalue weighted by atomic mass is 9.96. The van der Waals surface area contributed by atoms with Crippen LogP contribution in [0.4, 0.5) is 0 Å². The molecule has 0 aliphatic heterocycles. The smallest absolute Gasteiger partial charge is 0.164 e. The Bertz CT molecular complexity index is 376. The van der Waals surface area contributed by atoms with Gasteiger partial charge in [0.25, 0.3) is 0 Å². The Hall–Kier alpha value is -0.0900. The third-order valence-corrected chi connectivity index (χ3v) is 3.72. The fourth-order valence-corrected chi connectivity index (χ4v) is 2.54. The van der Waals surface area contributed by atoms with Crippen LogP contribution < -0.4 is 0 Å². The lowest BCUT2D eigenvalue weighted by Gasteiger charge is -2.10. The normalized spacial score (nSPS) is 12.5. The van der Waals surface area contributed by atoms with Gasteiger partial charge in [0.2, 0.25) is 0 Å². The number of carbonyl (C=O) groups is 1. The first-order valence-electron chi connectivity index (χ1n) is 5.52. The predicted octanol–water partition coefficient (Wildman–Crippen LogP) is 4.95. The molecule has 1 aromatic rings. The van der Waals surface area contributed by atoms with E-state index in [1.165, 1.54) is 0 Å². The number of Topliss-reactive ketones (excluding diaryl/α,β-unsaturated/α-hetero) is 1. The van der Waals surface area contributed by atoms with Crippen LogP contribution in [0.3, 0.4) is 0 Å². The minimum atomic E-state index is 0.202. The van der Waals surface area contributed by atoms with E-state index in [1.54, 1.807) is 6.07 Å². The zero-order valence-electron chi connectivity index (χ0n) is 9.59. The molecule has 0 radical (unpaired) electrons. The van der Waals surface area contributed by atoms with E-state index in [2.05, 4.69) is 36.4 Å². The maximum absolute atomic E-state index is 12.0. The van der Waals surface area contributed by atoms with Gasteiger partial charge in [-0.15, -0.1) is 0 Å². The van der Waals surface area contributed by atoms with E-state index in [4.69, 9.17) is 11.6 Å². The van der Waals surface area contributed by atoms with Crippen molar-refractivity contribution in [1.29, 1.82) is 0 Å². The van der Waals surface area contributed by atoms with E-state index in [0.29, 0.717) is 17.4 Å². The highest BCUT2D eigenvalue weighted by Gasteiger charge is 2.13. The van der Waals surface area contributed by atoms with Gasteiger partial charge in [0.05, 0.1) is 0 Å².